The highest BCUT2D eigenvalue weighted by Gasteiger charge is 2.38. The van der Waals surface area contributed by atoms with Gasteiger partial charge in [-0.3, -0.25) is 4.79 Å². The van der Waals surface area contributed by atoms with Crippen LogP contribution in [-0.4, -0.2) is 48.7 Å². The highest BCUT2D eigenvalue weighted by Crippen LogP contribution is 2.32. The van der Waals surface area contributed by atoms with E-state index in [2.05, 4.69) is 17.3 Å². The lowest BCUT2D eigenvalue weighted by molar-refractivity contribution is -0.141. The zero-order valence-electron chi connectivity index (χ0n) is 12.0. The van der Waals surface area contributed by atoms with Crippen molar-refractivity contribution in [1.82, 2.24) is 10.2 Å². The van der Waals surface area contributed by atoms with Crippen LogP contribution in [0.1, 0.15) is 46.0 Å². The molecule has 2 aliphatic heterocycles. The molecule has 0 aliphatic carbocycles. The van der Waals surface area contributed by atoms with E-state index < -0.39 is 5.60 Å². The molecule has 0 aromatic rings. The Hall–Kier alpha value is -0.610. The third-order valence-corrected chi connectivity index (χ3v) is 4.73. The fourth-order valence-corrected chi connectivity index (χ4v) is 3.19. The minimum absolute atomic E-state index is 0.0117. The summed E-state index contributed by atoms with van der Waals surface area (Å²) < 4.78 is 5.23. The van der Waals surface area contributed by atoms with E-state index in [1.54, 1.807) is 7.11 Å². The Bertz CT molecular complexity index is 303. The number of nitrogens with zero attached hydrogens (tertiary/aromatic N) is 1. The van der Waals surface area contributed by atoms with Crippen LogP contribution in [-0.2, 0) is 9.53 Å². The number of carbonyl (C=O) groups is 1. The lowest BCUT2D eigenvalue weighted by atomic mass is 9.82. The Balaban J connectivity index is 1.94. The van der Waals surface area contributed by atoms with E-state index in [-0.39, 0.29) is 5.91 Å². The standard InChI is InChI=1S/C14H26N2O2/c1-14(2,18-4)13(17)15-10-8-11-6-5-7-12(9-10)16(11)3/h10-12H,5-9H2,1-4H3,(H,15,17). The summed E-state index contributed by atoms with van der Waals surface area (Å²) in [6, 6.07) is 1.61. The Labute approximate surface area is 110 Å². The molecule has 0 aromatic carbocycles. The van der Waals surface area contributed by atoms with E-state index in [1.165, 1.54) is 19.3 Å². The lowest BCUT2D eigenvalue weighted by Crippen LogP contribution is -2.57. The van der Waals surface area contributed by atoms with Crippen LogP contribution < -0.4 is 5.32 Å². The van der Waals surface area contributed by atoms with Gasteiger partial charge in [0.1, 0.15) is 5.60 Å². The zero-order chi connectivity index (χ0) is 13.3. The predicted octanol–water partition coefficient (Wildman–Crippen LogP) is 1.54. The van der Waals surface area contributed by atoms with Gasteiger partial charge in [-0.15, -0.1) is 0 Å². The number of ether oxygens (including phenoxy) is 1. The molecule has 18 heavy (non-hydrogen) atoms. The second-order valence-corrected chi connectivity index (χ2v) is 6.26. The first-order valence-corrected chi connectivity index (χ1v) is 7.02. The van der Waals surface area contributed by atoms with Gasteiger partial charge in [-0.25, -0.2) is 0 Å². The summed E-state index contributed by atoms with van der Waals surface area (Å²) in [5.74, 6) is 0.0117. The van der Waals surface area contributed by atoms with Gasteiger partial charge in [0, 0.05) is 25.2 Å². The van der Waals surface area contributed by atoms with E-state index in [4.69, 9.17) is 4.74 Å². The number of hydrogen-bond acceptors (Lipinski definition) is 3. The second kappa shape index (κ2) is 5.17. The van der Waals surface area contributed by atoms with Crippen LogP contribution in [0.4, 0.5) is 0 Å². The first-order valence-electron chi connectivity index (χ1n) is 7.02. The zero-order valence-corrected chi connectivity index (χ0v) is 12.0. The summed E-state index contributed by atoms with van der Waals surface area (Å²) >= 11 is 0. The Morgan fingerprint density at radius 2 is 1.83 bits per heavy atom. The molecular weight excluding hydrogens is 228 g/mol. The first kappa shape index (κ1) is 13.8. The van der Waals surface area contributed by atoms with Crippen molar-refractivity contribution in [2.75, 3.05) is 14.2 Å². The predicted molar refractivity (Wildman–Crippen MR) is 71.4 cm³/mol. The van der Waals surface area contributed by atoms with Gasteiger partial charge in [-0.05, 0) is 46.6 Å². The molecular formula is C14H26N2O2. The van der Waals surface area contributed by atoms with Crippen LogP contribution >= 0.6 is 0 Å². The van der Waals surface area contributed by atoms with E-state index in [0.717, 1.165) is 12.8 Å². The van der Waals surface area contributed by atoms with Gasteiger partial charge in [0.15, 0.2) is 0 Å². The topological polar surface area (TPSA) is 41.6 Å². The normalized spacial score (nSPS) is 33.2. The van der Waals surface area contributed by atoms with Gasteiger partial charge < -0.3 is 15.0 Å². The highest BCUT2D eigenvalue weighted by atomic mass is 16.5. The van der Waals surface area contributed by atoms with Crippen molar-refractivity contribution in [2.24, 2.45) is 0 Å². The van der Waals surface area contributed by atoms with Crippen LogP contribution in [0.15, 0.2) is 0 Å². The molecule has 2 bridgehead atoms. The van der Waals surface area contributed by atoms with E-state index in [0.29, 0.717) is 18.1 Å². The van der Waals surface area contributed by atoms with Crippen molar-refractivity contribution in [3.8, 4) is 0 Å². The quantitative estimate of drug-likeness (QED) is 0.830. The number of nitrogens with one attached hydrogen (secondary N) is 1. The maximum Gasteiger partial charge on any atom is 0.251 e. The number of rotatable bonds is 3. The van der Waals surface area contributed by atoms with Crippen LogP contribution in [0.25, 0.3) is 0 Å². The fraction of sp³-hybridized carbons (Fsp3) is 0.929. The first-order chi connectivity index (χ1) is 8.44. The van der Waals surface area contributed by atoms with Gasteiger partial charge in [0.2, 0.25) is 0 Å². The minimum Gasteiger partial charge on any atom is -0.369 e. The maximum absolute atomic E-state index is 12.1. The molecule has 2 fully saturated rings. The SMILES string of the molecule is COC(C)(C)C(=O)NC1CC2CCCC(C1)N2C. The molecule has 0 saturated carbocycles. The fourth-order valence-electron chi connectivity index (χ4n) is 3.19. The molecule has 0 spiro atoms. The Morgan fingerprint density at radius 3 is 2.33 bits per heavy atom. The van der Waals surface area contributed by atoms with Crippen molar-refractivity contribution < 1.29 is 9.53 Å². The highest BCUT2D eigenvalue weighted by molar-refractivity contribution is 5.84. The van der Waals surface area contributed by atoms with Crippen molar-refractivity contribution >= 4 is 5.91 Å². The third-order valence-electron chi connectivity index (χ3n) is 4.73. The molecule has 4 nitrogen and oxygen atoms in total. The van der Waals surface area contributed by atoms with Gasteiger partial charge in [-0.1, -0.05) is 6.42 Å². The average molecular weight is 254 g/mol. The van der Waals surface area contributed by atoms with E-state index in [1.807, 2.05) is 13.8 Å². The number of hydrogen-bond donors (Lipinski definition) is 1. The van der Waals surface area contributed by atoms with Crippen LogP contribution in [0, 0.1) is 0 Å². The Morgan fingerprint density at radius 1 is 1.28 bits per heavy atom. The summed E-state index contributed by atoms with van der Waals surface area (Å²) in [5, 5.41) is 3.17. The molecule has 0 radical (unpaired) electrons. The van der Waals surface area contributed by atoms with E-state index >= 15 is 0 Å². The van der Waals surface area contributed by atoms with Crippen molar-refractivity contribution in [3.63, 3.8) is 0 Å². The van der Waals surface area contributed by atoms with Gasteiger partial charge >= 0.3 is 0 Å². The summed E-state index contributed by atoms with van der Waals surface area (Å²) in [6.45, 7) is 3.64. The molecule has 4 heteroatoms. The molecule has 2 unspecified atom stereocenters. The van der Waals surface area contributed by atoms with Gasteiger partial charge in [0.05, 0.1) is 0 Å². The smallest absolute Gasteiger partial charge is 0.251 e. The molecule has 2 rings (SSSR count). The summed E-state index contributed by atoms with van der Waals surface area (Å²) in [7, 11) is 3.81. The third kappa shape index (κ3) is 2.69. The molecule has 2 atom stereocenters. The molecule has 2 saturated heterocycles. The lowest BCUT2D eigenvalue weighted by Gasteiger charge is -2.47. The summed E-state index contributed by atoms with van der Waals surface area (Å²) in [4.78, 5) is 14.6. The molecule has 104 valence electrons. The maximum atomic E-state index is 12.1. The molecule has 1 N–H and O–H groups in total. The van der Waals surface area contributed by atoms with E-state index in [9.17, 15) is 4.79 Å². The molecule has 2 heterocycles. The van der Waals surface area contributed by atoms with Gasteiger partial charge in [-0.2, -0.15) is 0 Å². The number of piperidine rings is 2. The average Bonchev–Trinajstić information content (AvgIpc) is 2.30. The van der Waals surface area contributed by atoms with Crippen LogP contribution in [0.2, 0.25) is 0 Å². The van der Waals surface area contributed by atoms with Crippen LogP contribution in [0.5, 0.6) is 0 Å². The second-order valence-electron chi connectivity index (χ2n) is 6.26. The summed E-state index contributed by atoms with van der Waals surface area (Å²) in [5.41, 5.74) is -0.724. The number of amides is 1. The van der Waals surface area contributed by atoms with Crippen LogP contribution in [0.3, 0.4) is 0 Å². The van der Waals surface area contributed by atoms with Crippen molar-refractivity contribution in [1.29, 1.82) is 0 Å². The molecule has 0 aromatic heterocycles. The Kier molecular flexibility index (Phi) is 3.97. The minimum atomic E-state index is -0.724. The van der Waals surface area contributed by atoms with Crippen molar-refractivity contribution in [2.45, 2.75) is 69.7 Å². The summed E-state index contributed by atoms with van der Waals surface area (Å²) in [6.07, 6.45) is 6.04. The number of fused-ring (bicyclic) bond motifs is 2. The number of methoxy groups -OCH3 is 1. The molecule has 2 aliphatic rings. The van der Waals surface area contributed by atoms with Gasteiger partial charge in [0.25, 0.3) is 5.91 Å². The largest absolute Gasteiger partial charge is 0.369 e. The number of carbonyl (C=O) groups excluding carboxylic acids is 1. The molecule has 1 amide bonds. The monoisotopic (exact) mass is 254 g/mol. The van der Waals surface area contributed by atoms with Crippen molar-refractivity contribution in [3.05, 3.63) is 0 Å².